The number of carboxylic acids is 1. The van der Waals surface area contributed by atoms with Crippen LogP contribution in [0.5, 0.6) is 0 Å². The van der Waals surface area contributed by atoms with Gasteiger partial charge in [-0.25, -0.2) is 17.5 Å². The number of carboxylic acid groups (broad SMARTS) is 1. The molecule has 1 N–H and O–H groups in total. The van der Waals surface area contributed by atoms with Gasteiger partial charge in [0, 0.05) is 31.7 Å². The molecule has 0 radical (unpaired) electrons. The van der Waals surface area contributed by atoms with Gasteiger partial charge in [-0.2, -0.15) is 0 Å². The Bertz CT molecular complexity index is 691. The van der Waals surface area contributed by atoms with Crippen LogP contribution in [0.4, 0.5) is 0 Å². The highest BCUT2D eigenvalue weighted by Crippen LogP contribution is 2.19. The van der Waals surface area contributed by atoms with Crippen LogP contribution in [0.1, 0.15) is 33.6 Å². The highest BCUT2D eigenvalue weighted by molar-refractivity contribution is 7.88. The molecule has 0 bridgehead atoms. The van der Waals surface area contributed by atoms with Gasteiger partial charge in [-0.15, -0.1) is 0 Å². The van der Waals surface area contributed by atoms with Gasteiger partial charge in [0.15, 0.2) is 0 Å². The Morgan fingerprint density at radius 2 is 1.61 bits per heavy atom. The monoisotopic (exact) mass is 340 g/mol. The molecule has 1 heterocycles. The van der Waals surface area contributed by atoms with Gasteiger partial charge in [0.05, 0.1) is 11.8 Å². The zero-order valence-corrected chi connectivity index (χ0v) is 13.9. The Balaban J connectivity index is 1.99. The van der Waals surface area contributed by atoms with Crippen LogP contribution >= 0.6 is 0 Å². The topological polar surface area (TPSA) is 95.0 Å². The number of piperidine rings is 1. The second kappa shape index (κ2) is 6.67. The number of sulfonamides is 1. The van der Waals surface area contributed by atoms with Gasteiger partial charge >= 0.3 is 5.97 Å². The van der Waals surface area contributed by atoms with Crippen LogP contribution in [0.15, 0.2) is 24.3 Å². The summed E-state index contributed by atoms with van der Waals surface area (Å²) in [6.45, 7) is 0.952. The van der Waals surface area contributed by atoms with Crippen molar-refractivity contribution in [2.75, 3.05) is 26.4 Å². The first-order chi connectivity index (χ1) is 10.7. The third-order valence-electron chi connectivity index (χ3n) is 4.17. The number of carbonyl (C=O) groups excluding carboxylic acids is 1. The number of amides is 1. The van der Waals surface area contributed by atoms with Crippen molar-refractivity contribution in [1.29, 1.82) is 0 Å². The maximum absolute atomic E-state index is 12.4. The van der Waals surface area contributed by atoms with E-state index >= 15 is 0 Å². The quantitative estimate of drug-likeness (QED) is 0.878. The molecular weight excluding hydrogens is 320 g/mol. The van der Waals surface area contributed by atoms with Crippen LogP contribution in [0, 0.1) is 0 Å². The smallest absolute Gasteiger partial charge is 0.335 e. The predicted molar refractivity (Wildman–Crippen MR) is 84.9 cm³/mol. The van der Waals surface area contributed by atoms with Crippen molar-refractivity contribution >= 4 is 21.9 Å². The molecule has 1 saturated heterocycles. The van der Waals surface area contributed by atoms with Gasteiger partial charge in [-0.3, -0.25) is 4.79 Å². The summed E-state index contributed by atoms with van der Waals surface area (Å²) in [5.41, 5.74) is 0.569. The van der Waals surface area contributed by atoms with Gasteiger partial charge < -0.3 is 10.0 Å². The molecular formula is C15H20N2O5S. The lowest BCUT2D eigenvalue weighted by molar-refractivity contribution is 0.0676. The number of benzene rings is 1. The van der Waals surface area contributed by atoms with E-state index in [0.717, 1.165) is 0 Å². The number of hydrogen-bond acceptors (Lipinski definition) is 4. The Hall–Kier alpha value is -1.93. The summed E-state index contributed by atoms with van der Waals surface area (Å²) in [5, 5.41) is 8.86. The largest absolute Gasteiger partial charge is 0.478 e. The van der Waals surface area contributed by atoms with Gasteiger partial charge in [0.2, 0.25) is 10.0 Å². The third-order valence-corrected chi connectivity index (χ3v) is 5.51. The molecule has 1 aliphatic rings. The standard InChI is InChI=1S/C15H20N2O5S/c1-16(23(2,21)22)13-7-9-17(10-8-13)14(18)11-3-5-12(6-4-11)15(19)20/h3-6,13H,7-10H2,1-2H3,(H,19,20). The Morgan fingerprint density at radius 3 is 2.04 bits per heavy atom. The highest BCUT2D eigenvalue weighted by atomic mass is 32.2. The molecule has 0 aliphatic carbocycles. The molecule has 8 heteroatoms. The first kappa shape index (κ1) is 17.4. The molecule has 1 aliphatic heterocycles. The van der Waals surface area contributed by atoms with Gasteiger partial charge in [0.1, 0.15) is 0 Å². The lowest BCUT2D eigenvalue weighted by Gasteiger charge is -2.35. The molecule has 1 fully saturated rings. The van der Waals surface area contributed by atoms with E-state index in [9.17, 15) is 18.0 Å². The number of likely N-dealkylation sites (tertiary alicyclic amines) is 1. The average molecular weight is 340 g/mol. The van der Waals surface area contributed by atoms with E-state index in [1.54, 1.807) is 11.9 Å². The Labute approximate surface area is 135 Å². The van der Waals surface area contributed by atoms with E-state index in [2.05, 4.69) is 0 Å². The van der Waals surface area contributed by atoms with Crippen LogP contribution in [0.3, 0.4) is 0 Å². The fourth-order valence-electron chi connectivity index (χ4n) is 2.64. The third kappa shape index (κ3) is 4.08. The zero-order valence-electron chi connectivity index (χ0n) is 13.1. The van der Waals surface area contributed by atoms with E-state index in [0.29, 0.717) is 31.5 Å². The van der Waals surface area contributed by atoms with E-state index in [1.807, 2.05) is 0 Å². The van der Waals surface area contributed by atoms with Crippen molar-refractivity contribution in [1.82, 2.24) is 9.21 Å². The first-order valence-electron chi connectivity index (χ1n) is 7.26. The Morgan fingerprint density at radius 1 is 1.13 bits per heavy atom. The summed E-state index contributed by atoms with van der Waals surface area (Å²) in [6, 6.07) is 5.71. The van der Waals surface area contributed by atoms with Crippen LogP contribution in [-0.2, 0) is 10.0 Å². The zero-order chi connectivity index (χ0) is 17.2. The summed E-state index contributed by atoms with van der Waals surface area (Å²) >= 11 is 0. The molecule has 0 saturated carbocycles. The number of hydrogen-bond donors (Lipinski definition) is 1. The molecule has 23 heavy (non-hydrogen) atoms. The fourth-order valence-corrected chi connectivity index (χ4v) is 3.39. The van der Waals surface area contributed by atoms with Crippen molar-refractivity contribution < 1.29 is 23.1 Å². The number of rotatable bonds is 4. The SMILES string of the molecule is CN(C1CCN(C(=O)c2ccc(C(=O)O)cc2)CC1)S(C)(=O)=O. The van der Waals surface area contributed by atoms with E-state index in [4.69, 9.17) is 5.11 Å². The van der Waals surface area contributed by atoms with Crippen LogP contribution in [-0.4, -0.2) is 67.0 Å². The molecule has 7 nitrogen and oxygen atoms in total. The van der Waals surface area contributed by atoms with E-state index < -0.39 is 16.0 Å². The maximum Gasteiger partial charge on any atom is 0.335 e. The summed E-state index contributed by atoms with van der Waals surface area (Å²) in [5.74, 6) is -1.20. The molecule has 1 aromatic rings. The van der Waals surface area contributed by atoms with Gasteiger partial charge in [0.25, 0.3) is 5.91 Å². The molecule has 0 spiro atoms. The molecule has 1 amide bonds. The lowest BCUT2D eigenvalue weighted by atomic mass is 10.0. The van der Waals surface area contributed by atoms with E-state index in [1.165, 1.54) is 34.8 Å². The summed E-state index contributed by atoms with van der Waals surface area (Å²) in [6.07, 6.45) is 2.35. The van der Waals surface area contributed by atoms with Crippen LogP contribution < -0.4 is 0 Å². The van der Waals surface area contributed by atoms with Crippen molar-refractivity contribution in [3.8, 4) is 0 Å². The Kier molecular flexibility index (Phi) is 5.06. The molecule has 2 rings (SSSR count). The summed E-state index contributed by atoms with van der Waals surface area (Å²) in [7, 11) is -1.67. The molecule has 126 valence electrons. The minimum atomic E-state index is -3.23. The average Bonchev–Trinajstić information content (AvgIpc) is 2.53. The minimum Gasteiger partial charge on any atom is -0.478 e. The highest BCUT2D eigenvalue weighted by Gasteiger charge is 2.29. The second-order valence-corrected chi connectivity index (χ2v) is 7.73. The number of nitrogens with zero attached hydrogens (tertiary/aromatic N) is 2. The summed E-state index contributed by atoms with van der Waals surface area (Å²) < 4.78 is 24.5. The summed E-state index contributed by atoms with van der Waals surface area (Å²) in [4.78, 5) is 24.9. The maximum atomic E-state index is 12.4. The lowest BCUT2D eigenvalue weighted by Crippen LogP contribution is -2.47. The van der Waals surface area contributed by atoms with E-state index in [-0.39, 0.29) is 17.5 Å². The molecule has 0 unspecified atom stereocenters. The van der Waals surface area contributed by atoms with Crippen molar-refractivity contribution in [3.05, 3.63) is 35.4 Å². The predicted octanol–water partition coefficient (Wildman–Crippen LogP) is 0.881. The number of aromatic carboxylic acids is 1. The van der Waals surface area contributed by atoms with Crippen LogP contribution in [0.2, 0.25) is 0 Å². The number of carbonyl (C=O) groups is 2. The first-order valence-corrected chi connectivity index (χ1v) is 9.10. The molecule has 0 aromatic heterocycles. The minimum absolute atomic E-state index is 0.0940. The normalized spacial score (nSPS) is 16.6. The van der Waals surface area contributed by atoms with Crippen LogP contribution in [0.25, 0.3) is 0 Å². The van der Waals surface area contributed by atoms with Gasteiger partial charge in [-0.1, -0.05) is 0 Å². The van der Waals surface area contributed by atoms with Crippen molar-refractivity contribution in [3.63, 3.8) is 0 Å². The molecule has 1 aromatic carbocycles. The second-order valence-electron chi connectivity index (χ2n) is 5.69. The van der Waals surface area contributed by atoms with Gasteiger partial charge in [-0.05, 0) is 37.1 Å². The fraction of sp³-hybridized carbons (Fsp3) is 0.467. The van der Waals surface area contributed by atoms with Crippen molar-refractivity contribution in [2.24, 2.45) is 0 Å². The van der Waals surface area contributed by atoms with Crippen molar-refractivity contribution in [2.45, 2.75) is 18.9 Å². The molecule has 0 atom stereocenters.